The second-order valence-electron chi connectivity index (χ2n) is 6.83. The molecule has 3 aromatic rings. The second-order valence-corrected chi connectivity index (χ2v) is 6.83. The number of nitrogens with one attached hydrogen (secondary N) is 1. The first-order valence-corrected chi connectivity index (χ1v) is 9.50. The van der Waals surface area contributed by atoms with Crippen molar-refractivity contribution in [2.24, 2.45) is 0 Å². The van der Waals surface area contributed by atoms with Crippen LogP contribution in [0.15, 0.2) is 66.7 Å². The molecule has 0 unspecified atom stereocenters. The molecule has 2 aromatic carbocycles. The molecule has 1 N–H and O–H groups in total. The van der Waals surface area contributed by atoms with E-state index in [1.807, 2.05) is 6.07 Å². The maximum absolute atomic E-state index is 4.67. The van der Waals surface area contributed by atoms with E-state index in [0.29, 0.717) is 0 Å². The molecular formula is C22H27BrN4. The topological polar surface area (TPSA) is 31.4 Å². The number of fused-ring (bicyclic) bond motifs is 1. The maximum Gasteiger partial charge on any atom is 0.126 e. The predicted molar refractivity (Wildman–Crippen MR) is 120 cm³/mol. The van der Waals surface area contributed by atoms with E-state index in [9.17, 15) is 0 Å². The number of pyridine rings is 1. The fourth-order valence-electron chi connectivity index (χ4n) is 3.55. The molecule has 142 valence electrons. The van der Waals surface area contributed by atoms with E-state index in [2.05, 4.69) is 80.8 Å². The summed E-state index contributed by atoms with van der Waals surface area (Å²) in [6, 6.07) is 23.2. The lowest BCUT2D eigenvalue weighted by Crippen LogP contribution is -2.46. The first kappa shape index (κ1) is 19.6. The average Bonchev–Trinajstić information content (AvgIpc) is 2.72. The van der Waals surface area contributed by atoms with E-state index in [1.54, 1.807) is 0 Å². The largest absolute Gasteiger partial charge is 0.370 e. The molecule has 2 heterocycles. The number of hydrogen-bond donors (Lipinski definition) is 1. The van der Waals surface area contributed by atoms with E-state index < -0.39 is 0 Å². The van der Waals surface area contributed by atoms with Crippen molar-refractivity contribution in [1.82, 2.24) is 9.88 Å². The lowest BCUT2D eigenvalue weighted by Gasteiger charge is -2.36. The zero-order valence-corrected chi connectivity index (χ0v) is 17.3. The summed E-state index contributed by atoms with van der Waals surface area (Å²) in [5, 5.41) is 4.65. The standard InChI is InChI=1S/C22H26N4.BrH/c1-2-8-20(9-3-1)26-17-15-25(16-18-26)14-6-13-23-22-12-11-19-7-4-5-10-21(19)24-22;/h1-5,7-12H,6,13-18H2,(H,23,24);1H. The van der Waals surface area contributed by atoms with Crippen molar-refractivity contribution in [3.05, 3.63) is 66.7 Å². The molecule has 0 aliphatic carbocycles. The van der Waals surface area contributed by atoms with Crippen molar-refractivity contribution in [2.75, 3.05) is 49.5 Å². The minimum absolute atomic E-state index is 0. The fourth-order valence-corrected chi connectivity index (χ4v) is 3.55. The van der Waals surface area contributed by atoms with Crippen molar-refractivity contribution in [1.29, 1.82) is 0 Å². The molecule has 5 heteroatoms. The lowest BCUT2D eigenvalue weighted by molar-refractivity contribution is 0.257. The van der Waals surface area contributed by atoms with Crippen LogP contribution in [0.2, 0.25) is 0 Å². The fraction of sp³-hybridized carbons (Fsp3) is 0.318. The molecule has 0 amide bonds. The Hall–Kier alpha value is -2.11. The number of hydrogen-bond acceptors (Lipinski definition) is 4. The van der Waals surface area contributed by atoms with Crippen LogP contribution >= 0.6 is 17.0 Å². The highest BCUT2D eigenvalue weighted by Crippen LogP contribution is 2.16. The van der Waals surface area contributed by atoms with Gasteiger partial charge in [0.2, 0.25) is 0 Å². The van der Waals surface area contributed by atoms with Crippen molar-refractivity contribution < 1.29 is 0 Å². The van der Waals surface area contributed by atoms with E-state index in [-0.39, 0.29) is 17.0 Å². The Morgan fingerprint density at radius 3 is 2.37 bits per heavy atom. The first-order valence-electron chi connectivity index (χ1n) is 9.50. The highest BCUT2D eigenvalue weighted by atomic mass is 79.9. The first-order chi connectivity index (χ1) is 12.9. The van der Waals surface area contributed by atoms with Gasteiger partial charge in [-0.25, -0.2) is 4.98 Å². The van der Waals surface area contributed by atoms with Gasteiger partial charge in [0.15, 0.2) is 0 Å². The number of nitrogens with zero attached hydrogens (tertiary/aromatic N) is 3. The molecule has 4 nitrogen and oxygen atoms in total. The highest BCUT2D eigenvalue weighted by Gasteiger charge is 2.16. The normalized spacial score (nSPS) is 14.7. The molecule has 4 rings (SSSR count). The van der Waals surface area contributed by atoms with Gasteiger partial charge in [-0.1, -0.05) is 36.4 Å². The zero-order chi connectivity index (χ0) is 17.6. The van der Waals surface area contributed by atoms with Crippen molar-refractivity contribution in [3.63, 3.8) is 0 Å². The molecule has 1 saturated heterocycles. The van der Waals surface area contributed by atoms with Crippen LogP contribution in [0.1, 0.15) is 6.42 Å². The number of para-hydroxylation sites is 2. The van der Waals surface area contributed by atoms with Crippen LogP contribution in [-0.2, 0) is 0 Å². The Bertz CT molecular complexity index is 832. The highest BCUT2D eigenvalue weighted by molar-refractivity contribution is 8.93. The van der Waals surface area contributed by atoms with E-state index >= 15 is 0 Å². The summed E-state index contributed by atoms with van der Waals surface area (Å²) in [7, 11) is 0. The molecule has 0 radical (unpaired) electrons. The van der Waals surface area contributed by atoms with Gasteiger partial charge in [-0.15, -0.1) is 17.0 Å². The second kappa shape index (κ2) is 9.72. The van der Waals surface area contributed by atoms with Crippen LogP contribution in [-0.4, -0.2) is 49.2 Å². The van der Waals surface area contributed by atoms with Crippen LogP contribution in [0.3, 0.4) is 0 Å². The SMILES string of the molecule is Br.c1ccc(N2CCN(CCCNc3ccc4ccccc4n3)CC2)cc1. The number of benzene rings is 2. The number of halogens is 1. The van der Waals surface area contributed by atoms with Gasteiger partial charge < -0.3 is 10.2 Å². The molecular weight excluding hydrogens is 400 g/mol. The lowest BCUT2D eigenvalue weighted by atomic mass is 10.2. The van der Waals surface area contributed by atoms with Crippen LogP contribution in [0.4, 0.5) is 11.5 Å². The number of rotatable bonds is 6. The van der Waals surface area contributed by atoms with Crippen LogP contribution < -0.4 is 10.2 Å². The van der Waals surface area contributed by atoms with Gasteiger partial charge in [-0.2, -0.15) is 0 Å². The third-order valence-corrected chi connectivity index (χ3v) is 5.05. The summed E-state index contributed by atoms with van der Waals surface area (Å²) in [5.74, 6) is 0.970. The van der Waals surface area contributed by atoms with Crippen LogP contribution in [0.25, 0.3) is 10.9 Å². The molecule has 0 atom stereocenters. The molecule has 27 heavy (non-hydrogen) atoms. The van der Waals surface area contributed by atoms with E-state index in [0.717, 1.165) is 57.0 Å². The number of anilines is 2. The van der Waals surface area contributed by atoms with Gasteiger partial charge >= 0.3 is 0 Å². The van der Waals surface area contributed by atoms with E-state index in [1.165, 1.54) is 11.1 Å². The van der Waals surface area contributed by atoms with Crippen molar-refractivity contribution >= 4 is 39.4 Å². The Morgan fingerprint density at radius 2 is 1.56 bits per heavy atom. The Kier molecular flexibility index (Phi) is 7.07. The summed E-state index contributed by atoms with van der Waals surface area (Å²) >= 11 is 0. The zero-order valence-electron chi connectivity index (χ0n) is 15.6. The molecule has 1 aliphatic rings. The van der Waals surface area contributed by atoms with Crippen molar-refractivity contribution in [2.45, 2.75) is 6.42 Å². The third kappa shape index (κ3) is 5.21. The molecule has 0 bridgehead atoms. The average molecular weight is 427 g/mol. The monoisotopic (exact) mass is 426 g/mol. The quantitative estimate of drug-likeness (QED) is 0.590. The third-order valence-electron chi connectivity index (χ3n) is 5.05. The Labute approximate surface area is 172 Å². The Morgan fingerprint density at radius 1 is 0.815 bits per heavy atom. The number of aromatic nitrogens is 1. The minimum atomic E-state index is 0. The summed E-state index contributed by atoms with van der Waals surface area (Å²) in [4.78, 5) is 9.72. The predicted octanol–water partition coefficient (Wildman–Crippen LogP) is 4.44. The summed E-state index contributed by atoms with van der Waals surface area (Å²) in [5.41, 5.74) is 2.39. The maximum atomic E-state index is 4.67. The summed E-state index contributed by atoms with van der Waals surface area (Å²) < 4.78 is 0. The van der Waals surface area contributed by atoms with Gasteiger partial charge in [0.05, 0.1) is 5.52 Å². The van der Waals surface area contributed by atoms with Gasteiger partial charge in [0, 0.05) is 43.8 Å². The van der Waals surface area contributed by atoms with Gasteiger partial charge in [-0.05, 0) is 43.3 Å². The summed E-state index contributed by atoms with van der Waals surface area (Å²) in [6.07, 6.45) is 1.14. The smallest absolute Gasteiger partial charge is 0.126 e. The van der Waals surface area contributed by atoms with Gasteiger partial charge in [0.1, 0.15) is 5.82 Å². The van der Waals surface area contributed by atoms with Crippen LogP contribution in [0, 0.1) is 0 Å². The molecule has 1 aromatic heterocycles. The van der Waals surface area contributed by atoms with Gasteiger partial charge in [0.25, 0.3) is 0 Å². The van der Waals surface area contributed by atoms with E-state index in [4.69, 9.17) is 0 Å². The minimum Gasteiger partial charge on any atom is -0.370 e. The molecule has 1 fully saturated rings. The van der Waals surface area contributed by atoms with Crippen molar-refractivity contribution in [3.8, 4) is 0 Å². The van der Waals surface area contributed by atoms with Gasteiger partial charge in [-0.3, -0.25) is 4.90 Å². The Balaban J connectivity index is 0.00000210. The molecule has 1 aliphatic heterocycles. The molecule has 0 spiro atoms. The summed E-state index contributed by atoms with van der Waals surface area (Å²) in [6.45, 7) is 6.62. The number of piperazine rings is 1. The molecule has 0 saturated carbocycles. The van der Waals surface area contributed by atoms with Crippen LogP contribution in [0.5, 0.6) is 0 Å².